The number of nitrogens with zero attached hydrogens (tertiary/aromatic N) is 1. The quantitative estimate of drug-likeness (QED) is 0.652. The Kier molecular flexibility index (Phi) is 7.03. The van der Waals surface area contributed by atoms with Crippen LogP contribution in [0.5, 0.6) is 0 Å². The molecular weight excluding hydrogens is 184 g/mol. The fourth-order valence-corrected chi connectivity index (χ4v) is 2.47. The molecule has 0 aliphatic heterocycles. The highest BCUT2D eigenvalue weighted by Crippen LogP contribution is 2.22. The third-order valence-electron chi connectivity index (χ3n) is 3.66. The van der Waals surface area contributed by atoms with Crippen molar-refractivity contribution in [2.75, 3.05) is 32.7 Å². The van der Waals surface area contributed by atoms with E-state index in [-0.39, 0.29) is 0 Å². The van der Waals surface area contributed by atoms with Crippen molar-refractivity contribution in [1.82, 2.24) is 10.2 Å². The maximum absolute atomic E-state index is 3.61. The van der Waals surface area contributed by atoms with Crippen molar-refractivity contribution >= 4 is 0 Å². The first-order chi connectivity index (χ1) is 7.36. The number of likely N-dealkylation sites (N-methyl/N-ethyl adjacent to an activating group) is 1. The minimum absolute atomic E-state index is 0.968. The molecule has 90 valence electrons. The molecule has 0 bridgehead atoms. The van der Waals surface area contributed by atoms with Gasteiger partial charge in [-0.2, -0.15) is 0 Å². The largest absolute Gasteiger partial charge is 0.315 e. The lowest BCUT2D eigenvalue weighted by atomic mass is 9.89. The van der Waals surface area contributed by atoms with Crippen LogP contribution in [-0.4, -0.2) is 37.6 Å². The zero-order chi connectivity index (χ0) is 10.9. The van der Waals surface area contributed by atoms with E-state index in [4.69, 9.17) is 0 Å². The van der Waals surface area contributed by atoms with E-state index in [9.17, 15) is 0 Å². The lowest BCUT2D eigenvalue weighted by molar-refractivity contribution is 0.289. The van der Waals surface area contributed by atoms with Gasteiger partial charge in [-0.25, -0.2) is 0 Å². The summed E-state index contributed by atoms with van der Waals surface area (Å²) in [5.74, 6) is 0.968. The van der Waals surface area contributed by atoms with Crippen molar-refractivity contribution in [2.24, 2.45) is 5.92 Å². The second-order valence-corrected chi connectivity index (χ2v) is 4.74. The van der Waals surface area contributed by atoms with Gasteiger partial charge in [-0.15, -0.1) is 0 Å². The SMILES string of the molecule is CCN(CC)CCNCC1CCCCC1. The predicted octanol–water partition coefficient (Wildman–Crippen LogP) is 2.50. The molecule has 2 heteroatoms. The Morgan fingerprint density at radius 2 is 1.73 bits per heavy atom. The molecule has 1 aliphatic carbocycles. The van der Waals surface area contributed by atoms with E-state index < -0.39 is 0 Å². The smallest absolute Gasteiger partial charge is 0.0107 e. The summed E-state index contributed by atoms with van der Waals surface area (Å²) in [6, 6.07) is 0. The van der Waals surface area contributed by atoms with Crippen LogP contribution >= 0.6 is 0 Å². The summed E-state index contributed by atoms with van der Waals surface area (Å²) < 4.78 is 0. The summed E-state index contributed by atoms with van der Waals surface area (Å²) in [5, 5.41) is 3.61. The van der Waals surface area contributed by atoms with Gasteiger partial charge in [-0.1, -0.05) is 33.1 Å². The van der Waals surface area contributed by atoms with Crippen LogP contribution in [0.3, 0.4) is 0 Å². The highest BCUT2D eigenvalue weighted by molar-refractivity contribution is 4.68. The molecule has 0 spiro atoms. The molecule has 1 fully saturated rings. The van der Waals surface area contributed by atoms with Crippen molar-refractivity contribution in [3.05, 3.63) is 0 Å². The van der Waals surface area contributed by atoms with Crippen LogP contribution in [0.2, 0.25) is 0 Å². The first-order valence-corrected chi connectivity index (χ1v) is 6.79. The van der Waals surface area contributed by atoms with Gasteiger partial charge in [0.2, 0.25) is 0 Å². The minimum atomic E-state index is 0.968. The van der Waals surface area contributed by atoms with Crippen LogP contribution in [0.25, 0.3) is 0 Å². The van der Waals surface area contributed by atoms with Crippen molar-refractivity contribution in [3.8, 4) is 0 Å². The van der Waals surface area contributed by atoms with Gasteiger partial charge >= 0.3 is 0 Å². The Bertz CT molecular complexity index is 137. The maximum atomic E-state index is 3.61. The van der Waals surface area contributed by atoms with Gasteiger partial charge in [-0.05, 0) is 38.4 Å². The molecule has 1 rings (SSSR count). The van der Waals surface area contributed by atoms with E-state index in [1.54, 1.807) is 0 Å². The molecule has 1 N–H and O–H groups in total. The van der Waals surface area contributed by atoms with E-state index in [2.05, 4.69) is 24.1 Å². The first-order valence-electron chi connectivity index (χ1n) is 6.79. The summed E-state index contributed by atoms with van der Waals surface area (Å²) in [5.41, 5.74) is 0. The zero-order valence-corrected chi connectivity index (χ0v) is 10.6. The van der Waals surface area contributed by atoms with Crippen LogP contribution in [0.15, 0.2) is 0 Å². The Morgan fingerprint density at radius 1 is 1.07 bits per heavy atom. The molecule has 0 aromatic carbocycles. The summed E-state index contributed by atoms with van der Waals surface area (Å²) in [6.07, 6.45) is 7.30. The third-order valence-corrected chi connectivity index (χ3v) is 3.66. The van der Waals surface area contributed by atoms with Gasteiger partial charge < -0.3 is 10.2 Å². The van der Waals surface area contributed by atoms with Gasteiger partial charge in [-0.3, -0.25) is 0 Å². The molecule has 0 aromatic rings. The van der Waals surface area contributed by atoms with Crippen LogP contribution in [-0.2, 0) is 0 Å². The average molecular weight is 212 g/mol. The second kappa shape index (κ2) is 8.12. The Hall–Kier alpha value is -0.0800. The molecule has 0 radical (unpaired) electrons. The standard InChI is InChI=1S/C13H28N2/c1-3-15(4-2)11-10-14-12-13-8-6-5-7-9-13/h13-14H,3-12H2,1-2H3. The lowest BCUT2D eigenvalue weighted by Gasteiger charge is -2.23. The monoisotopic (exact) mass is 212 g/mol. The molecule has 0 aromatic heterocycles. The molecule has 2 nitrogen and oxygen atoms in total. The fraction of sp³-hybridized carbons (Fsp3) is 1.00. The van der Waals surface area contributed by atoms with E-state index in [0.29, 0.717) is 0 Å². The molecule has 0 unspecified atom stereocenters. The molecule has 1 saturated carbocycles. The summed E-state index contributed by atoms with van der Waals surface area (Å²) >= 11 is 0. The van der Waals surface area contributed by atoms with E-state index >= 15 is 0 Å². The summed E-state index contributed by atoms with van der Waals surface area (Å²) in [7, 11) is 0. The van der Waals surface area contributed by atoms with Gasteiger partial charge in [0.15, 0.2) is 0 Å². The lowest BCUT2D eigenvalue weighted by Crippen LogP contribution is -2.34. The van der Waals surface area contributed by atoms with Crippen molar-refractivity contribution in [2.45, 2.75) is 46.0 Å². The van der Waals surface area contributed by atoms with Crippen molar-refractivity contribution in [3.63, 3.8) is 0 Å². The highest BCUT2D eigenvalue weighted by atomic mass is 15.1. The van der Waals surface area contributed by atoms with Crippen LogP contribution in [0.4, 0.5) is 0 Å². The van der Waals surface area contributed by atoms with Gasteiger partial charge in [0.25, 0.3) is 0 Å². The van der Waals surface area contributed by atoms with Crippen LogP contribution in [0, 0.1) is 5.92 Å². The highest BCUT2D eigenvalue weighted by Gasteiger charge is 2.12. The molecule has 0 heterocycles. The molecule has 0 amide bonds. The van der Waals surface area contributed by atoms with Crippen molar-refractivity contribution < 1.29 is 0 Å². The molecule has 0 saturated heterocycles. The Balaban J connectivity index is 1.95. The molecular formula is C13H28N2. The number of rotatable bonds is 7. The number of nitrogens with one attached hydrogen (secondary N) is 1. The van der Waals surface area contributed by atoms with Gasteiger partial charge in [0.1, 0.15) is 0 Å². The predicted molar refractivity (Wildman–Crippen MR) is 67.2 cm³/mol. The molecule has 1 aliphatic rings. The second-order valence-electron chi connectivity index (χ2n) is 4.74. The molecule has 15 heavy (non-hydrogen) atoms. The minimum Gasteiger partial charge on any atom is -0.315 e. The number of hydrogen-bond donors (Lipinski definition) is 1. The van der Waals surface area contributed by atoms with Gasteiger partial charge in [0, 0.05) is 13.1 Å². The van der Waals surface area contributed by atoms with Gasteiger partial charge in [0.05, 0.1) is 0 Å². The van der Waals surface area contributed by atoms with Crippen LogP contribution in [0.1, 0.15) is 46.0 Å². The van der Waals surface area contributed by atoms with E-state index in [1.807, 2.05) is 0 Å². The molecule has 0 atom stereocenters. The fourth-order valence-electron chi connectivity index (χ4n) is 2.47. The van der Waals surface area contributed by atoms with Crippen molar-refractivity contribution in [1.29, 1.82) is 0 Å². The number of hydrogen-bond acceptors (Lipinski definition) is 2. The topological polar surface area (TPSA) is 15.3 Å². The van der Waals surface area contributed by atoms with E-state index in [1.165, 1.54) is 58.3 Å². The third kappa shape index (κ3) is 5.53. The Morgan fingerprint density at radius 3 is 2.33 bits per heavy atom. The van der Waals surface area contributed by atoms with Crippen LogP contribution < -0.4 is 5.32 Å². The normalized spacial score (nSPS) is 18.6. The Labute approximate surface area is 95.4 Å². The maximum Gasteiger partial charge on any atom is 0.0107 e. The first kappa shape index (κ1) is 13.0. The zero-order valence-electron chi connectivity index (χ0n) is 10.6. The summed E-state index contributed by atoms with van der Waals surface area (Å²) in [6.45, 7) is 10.5. The summed E-state index contributed by atoms with van der Waals surface area (Å²) in [4.78, 5) is 2.48. The average Bonchev–Trinajstić information content (AvgIpc) is 2.31. The van der Waals surface area contributed by atoms with E-state index in [0.717, 1.165) is 12.5 Å².